The number of aromatic nitrogens is 3. The molecular weight excluding hydrogens is 174 g/mol. The molecule has 1 heterocycles. The molecule has 0 radical (unpaired) electrons. The Morgan fingerprint density at radius 1 is 1.50 bits per heavy atom. The Balaban J connectivity index is 2.83. The fourth-order valence-electron chi connectivity index (χ4n) is 1.21. The van der Waals surface area contributed by atoms with Crippen molar-refractivity contribution in [2.45, 2.75) is 13.5 Å². The summed E-state index contributed by atoms with van der Waals surface area (Å²) in [6.45, 7) is 2.80. The van der Waals surface area contributed by atoms with Crippen molar-refractivity contribution in [2.75, 3.05) is 0 Å². The second-order valence-electron chi connectivity index (χ2n) is 2.51. The quantitative estimate of drug-likeness (QED) is 0.675. The van der Waals surface area contributed by atoms with Crippen molar-refractivity contribution in [3.05, 3.63) is 23.2 Å². The van der Waals surface area contributed by atoms with Gasteiger partial charge >= 0.3 is 0 Å². The van der Waals surface area contributed by atoms with Gasteiger partial charge in [-0.15, -0.1) is 5.10 Å². The summed E-state index contributed by atoms with van der Waals surface area (Å²) in [4.78, 5) is 0. The number of hydrogen-bond acceptors (Lipinski definition) is 2. The van der Waals surface area contributed by atoms with Crippen LogP contribution in [0.2, 0.25) is 5.02 Å². The van der Waals surface area contributed by atoms with Crippen molar-refractivity contribution in [3.8, 4) is 0 Å². The first-order chi connectivity index (χ1) is 5.83. The molecule has 0 atom stereocenters. The first-order valence-electron chi connectivity index (χ1n) is 3.80. The molecule has 12 heavy (non-hydrogen) atoms. The molecule has 1 aromatic carbocycles. The number of para-hydroxylation sites is 1. The van der Waals surface area contributed by atoms with E-state index >= 15 is 0 Å². The van der Waals surface area contributed by atoms with E-state index in [2.05, 4.69) is 10.3 Å². The van der Waals surface area contributed by atoms with E-state index in [-0.39, 0.29) is 0 Å². The minimum absolute atomic E-state index is 0.708. The highest BCUT2D eigenvalue weighted by Crippen LogP contribution is 2.20. The fourth-order valence-corrected chi connectivity index (χ4v) is 1.48. The summed E-state index contributed by atoms with van der Waals surface area (Å²) in [7, 11) is 0. The Morgan fingerprint density at radius 2 is 2.33 bits per heavy atom. The van der Waals surface area contributed by atoms with Crippen LogP contribution in [0.15, 0.2) is 18.2 Å². The summed E-state index contributed by atoms with van der Waals surface area (Å²) in [5.74, 6) is 0. The van der Waals surface area contributed by atoms with Gasteiger partial charge in [0.25, 0.3) is 0 Å². The standard InChI is InChI=1S/C8H8ClN3/c1-2-12-8-6(9)4-3-5-7(8)10-11-12/h3-5H,2H2,1H3. The molecule has 0 N–H and O–H groups in total. The lowest BCUT2D eigenvalue weighted by molar-refractivity contribution is 0.646. The average molecular weight is 182 g/mol. The summed E-state index contributed by atoms with van der Waals surface area (Å²) in [5.41, 5.74) is 1.77. The molecule has 1 aromatic heterocycles. The molecule has 0 saturated heterocycles. The van der Waals surface area contributed by atoms with Crippen molar-refractivity contribution >= 4 is 22.6 Å². The molecule has 0 bridgehead atoms. The zero-order valence-electron chi connectivity index (χ0n) is 6.66. The SMILES string of the molecule is CCn1nnc2cccc(Cl)c21. The van der Waals surface area contributed by atoms with Gasteiger partial charge in [0.2, 0.25) is 0 Å². The number of nitrogens with zero attached hydrogens (tertiary/aromatic N) is 3. The van der Waals surface area contributed by atoms with E-state index in [0.717, 1.165) is 17.6 Å². The third-order valence-corrected chi connectivity index (χ3v) is 2.09. The van der Waals surface area contributed by atoms with E-state index in [0.29, 0.717) is 5.02 Å². The maximum atomic E-state index is 5.98. The summed E-state index contributed by atoms with van der Waals surface area (Å²) in [6, 6.07) is 5.62. The van der Waals surface area contributed by atoms with Crippen molar-refractivity contribution in [1.82, 2.24) is 15.0 Å². The van der Waals surface area contributed by atoms with Gasteiger partial charge in [-0.3, -0.25) is 0 Å². The van der Waals surface area contributed by atoms with Crippen LogP contribution in [0.3, 0.4) is 0 Å². The van der Waals surface area contributed by atoms with Crippen LogP contribution in [0.1, 0.15) is 6.92 Å². The zero-order valence-corrected chi connectivity index (χ0v) is 7.41. The average Bonchev–Trinajstić information content (AvgIpc) is 2.49. The van der Waals surface area contributed by atoms with Crippen LogP contribution >= 0.6 is 11.6 Å². The molecule has 0 aliphatic rings. The molecule has 2 rings (SSSR count). The van der Waals surface area contributed by atoms with Crippen LogP contribution in [0, 0.1) is 0 Å². The van der Waals surface area contributed by atoms with Gasteiger partial charge in [0.15, 0.2) is 0 Å². The van der Waals surface area contributed by atoms with Crippen LogP contribution in [0.4, 0.5) is 0 Å². The first-order valence-corrected chi connectivity index (χ1v) is 4.18. The second-order valence-corrected chi connectivity index (χ2v) is 2.92. The normalized spacial score (nSPS) is 10.8. The number of fused-ring (bicyclic) bond motifs is 1. The van der Waals surface area contributed by atoms with Gasteiger partial charge in [-0.1, -0.05) is 22.9 Å². The summed E-state index contributed by atoms with van der Waals surface area (Å²) < 4.78 is 1.79. The molecule has 0 aliphatic carbocycles. The number of rotatable bonds is 1. The maximum absolute atomic E-state index is 5.98. The van der Waals surface area contributed by atoms with E-state index in [1.807, 2.05) is 25.1 Å². The van der Waals surface area contributed by atoms with E-state index < -0.39 is 0 Å². The Bertz CT molecular complexity index is 408. The first kappa shape index (κ1) is 7.55. The van der Waals surface area contributed by atoms with Gasteiger partial charge in [0, 0.05) is 6.54 Å². The molecule has 3 nitrogen and oxygen atoms in total. The molecule has 4 heteroatoms. The predicted molar refractivity (Wildman–Crippen MR) is 48.2 cm³/mol. The monoisotopic (exact) mass is 181 g/mol. The van der Waals surface area contributed by atoms with Gasteiger partial charge in [-0.2, -0.15) is 0 Å². The highest BCUT2D eigenvalue weighted by molar-refractivity contribution is 6.34. The number of aryl methyl sites for hydroxylation is 1. The molecular formula is C8H8ClN3. The minimum Gasteiger partial charge on any atom is -0.243 e. The molecule has 0 spiro atoms. The lowest BCUT2D eigenvalue weighted by atomic mass is 10.3. The molecule has 62 valence electrons. The molecule has 0 aliphatic heterocycles. The van der Waals surface area contributed by atoms with Crippen LogP contribution in [-0.4, -0.2) is 15.0 Å². The van der Waals surface area contributed by atoms with Crippen molar-refractivity contribution in [2.24, 2.45) is 0 Å². The highest BCUT2D eigenvalue weighted by Gasteiger charge is 2.05. The van der Waals surface area contributed by atoms with Crippen LogP contribution in [0.5, 0.6) is 0 Å². The fraction of sp³-hybridized carbons (Fsp3) is 0.250. The lowest BCUT2D eigenvalue weighted by Crippen LogP contribution is -1.96. The summed E-state index contributed by atoms with van der Waals surface area (Å²) in [6.07, 6.45) is 0. The van der Waals surface area contributed by atoms with Crippen LogP contribution in [-0.2, 0) is 6.54 Å². The Labute approximate surface area is 74.9 Å². The molecule has 0 amide bonds. The van der Waals surface area contributed by atoms with E-state index in [1.54, 1.807) is 4.68 Å². The lowest BCUT2D eigenvalue weighted by Gasteiger charge is -1.96. The Kier molecular flexibility index (Phi) is 1.73. The topological polar surface area (TPSA) is 30.7 Å². The smallest absolute Gasteiger partial charge is 0.114 e. The van der Waals surface area contributed by atoms with Gasteiger partial charge in [0.05, 0.1) is 5.02 Å². The Hall–Kier alpha value is -1.09. The third kappa shape index (κ3) is 0.975. The summed E-state index contributed by atoms with van der Waals surface area (Å²) in [5, 5.41) is 8.64. The number of hydrogen-bond donors (Lipinski definition) is 0. The van der Waals surface area contributed by atoms with E-state index in [1.165, 1.54) is 0 Å². The van der Waals surface area contributed by atoms with E-state index in [4.69, 9.17) is 11.6 Å². The number of halogens is 1. The second kappa shape index (κ2) is 2.75. The van der Waals surface area contributed by atoms with Crippen LogP contribution in [0.25, 0.3) is 11.0 Å². The van der Waals surface area contributed by atoms with Crippen molar-refractivity contribution < 1.29 is 0 Å². The maximum Gasteiger partial charge on any atom is 0.114 e. The molecule has 0 fully saturated rings. The molecule has 0 saturated carbocycles. The number of benzene rings is 1. The highest BCUT2D eigenvalue weighted by atomic mass is 35.5. The molecule has 0 unspecified atom stereocenters. The zero-order chi connectivity index (χ0) is 8.55. The van der Waals surface area contributed by atoms with Crippen molar-refractivity contribution in [1.29, 1.82) is 0 Å². The third-order valence-electron chi connectivity index (χ3n) is 1.78. The van der Waals surface area contributed by atoms with Gasteiger partial charge in [-0.05, 0) is 19.1 Å². The van der Waals surface area contributed by atoms with Gasteiger partial charge in [-0.25, -0.2) is 4.68 Å². The largest absolute Gasteiger partial charge is 0.243 e. The summed E-state index contributed by atoms with van der Waals surface area (Å²) >= 11 is 5.98. The molecule has 2 aromatic rings. The van der Waals surface area contributed by atoms with Gasteiger partial charge < -0.3 is 0 Å². The Morgan fingerprint density at radius 3 is 3.08 bits per heavy atom. The minimum atomic E-state index is 0.708. The van der Waals surface area contributed by atoms with Gasteiger partial charge in [0.1, 0.15) is 11.0 Å². The van der Waals surface area contributed by atoms with Crippen LogP contribution < -0.4 is 0 Å². The predicted octanol–water partition coefficient (Wildman–Crippen LogP) is 2.10. The van der Waals surface area contributed by atoms with Crippen molar-refractivity contribution in [3.63, 3.8) is 0 Å². The van der Waals surface area contributed by atoms with E-state index in [9.17, 15) is 0 Å².